The summed E-state index contributed by atoms with van der Waals surface area (Å²) in [6.45, 7) is 3.45. The van der Waals surface area contributed by atoms with Crippen molar-refractivity contribution in [3.05, 3.63) is 35.6 Å². The quantitative estimate of drug-likeness (QED) is 0.399. The molecule has 3 aromatic rings. The highest BCUT2D eigenvalue weighted by atomic mass is 32.2. The van der Waals surface area contributed by atoms with Gasteiger partial charge in [-0.05, 0) is 44.4 Å². The van der Waals surface area contributed by atoms with E-state index in [0.717, 1.165) is 46.3 Å². The van der Waals surface area contributed by atoms with E-state index < -0.39 is 26.6 Å². The lowest BCUT2D eigenvalue weighted by molar-refractivity contribution is -0.126. The first kappa shape index (κ1) is 24.3. The Balaban J connectivity index is 1.56. The molecule has 0 bridgehead atoms. The molecule has 182 valence electrons. The van der Waals surface area contributed by atoms with Crippen LogP contribution in [-0.4, -0.2) is 64.5 Å². The number of nitrogens with zero attached hydrogens (tertiary/aromatic N) is 3. The summed E-state index contributed by atoms with van der Waals surface area (Å²) < 4.78 is 27.3. The van der Waals surface area contributed by atoms with E-state index in [1.807, 2.05) is 18.3 Å². The fourth-order valence-electron chi connectivity index (χ4n) is 3.49. The average Bonchev–Trinajstić information content (AvgIpc) is 3.24. The Bertz CT molecular complexity index is 1340. The van der Waals surface area contributed by atoms with Crippen molar-refractivity contribution in [2.45, 2.75) is 50.1 Å². The van der Waals surface area contributed by atoms with Gasteiger partial charge >= 0.3 is 0 Å². The van der Waals surface area contributed by atoms with Crippen LogP contribution in [0.3, 0.4) is 0 Å². The minimum Gasteiger partial charge on any atom is -0.389 e. The van der Waals surface area contributed by atoms with E-state index in [4.69, 9.17) is 0 Å². The van der Waals surface area contributed by atoms with E-state index in [2.05, 4.69) is 20.7 Å². The first-order chi connectivity index (χ1) is 15.9. The number of fused-ring (bicyclic) bond motifs is 1. The van der Waals surface area contributed by atoms with Crippen molar-refractivity contribution in [3.63, 3.8) is 0 Å². The second-order valence-corrected chi connectivity index (χ2v) is 12.4. The molecule has 0 spiro atoms. The molecule has 2 heterocycles. The summed E-state index contributed by atoms with van der Waals surface area (Å²) >= 11 is 1.12. The van der Waals surface area contributed by atoms with E-state index in [-0.39, 0.29) is 23.5 Å². The minimum absolute atomic E-state index is 0.146. The standard InChI is InChI=1S/C22H27N5O5S2/c1-22(2,30)12-27-11-14(9-24-27)13-4-7-16-17(8-13)33-21(26-16)19(34(3,31)32)20(29)23-10-18(28)25-15-5-6-15/h4,7-9,11,15,19,30H,5-6,10,12H2,1-3H3,(H,23,29)(H,25,28). The van der Waals surface area contributed by atoms with Gasteiger partial charge in [0.15, 0.2) is 15.1 Å². The second-order valence-electron chi connectivity index (χ2n) is 9.24. The minimum atomic E-state index is -3.83. The third-order valence-corrected chi connectivity index (χ3v) is 7.70. The number of carbonyl (C=O) groups is 2. The maximum absolute atomic E-state index is 12.7. The summed E-state index contributed by atoms with van der Waals surface area (Å²) in [6.07, 6.45) is 6.32. The summed E-state index contributed by atoms with van der Waals surface area (Å²) in [4.78, 5) is 29.0. The SMILES string of the molecule is CC(C)(O)Cn1cc(-c2ccc3nc(C(C(=O)NCC(=O)NC4CC4)S(C)(=O)=O)sc3c2)cn1. The molecule has 12 heteroatoms. The molecular weight excluding hydrogens is 478 g/mol. The second kappa shape index (κ2) is 9.08. The zero-order valence-electron chi connectivity index (χ0n) is 19.1. The smallest absolute Gasteiger partial charge is 0.245 e. The van der Waals surface area contributed by atoms with Gasteiger partial charge in [-0.3, -0.25) is 14.3 Å². The van der Waals surface area contributed by atoms with E-state index in [9.17, 15) is 23.1 Å². The largest absolute Gasteiger partial charge is 0.389 e. The first-order valence-corrected chi connectivity index (χ1v) is 13.6. The molecule has 0 radical (unpaired) electrons. The Kier molecular flexibility index (Phi) is 6.49. The highest BCUT2D eigenvalue weighted by molar-refractivity contribution is 7.91. The highest BCUT2D eigenvalue weighted by Gasteiger charge is 2.34. The number of aliphatic hydroxyl groups is 1. The lowest BCUT2D eigenvalue weighted by atomic mass is 10.1. The number of hydrogen-bond donors (Lipinski definition) is 3. The van der Waals surface area contributed by atoms with Crippen molar-refractivity contribution in [1.29, 1.82) is 0 Å². The van der Waals surface area contributed by atoms with Crippen molar-refractivity contribution in [1.82, 2.24) is 25.4 Å². The molecule has 1 aliphatic carbocycles. The van der Waals surface area contributed by atoms with Crippen LogP contribution >= 0.6 is 11.3 Å². The number of sulfone groups is 1. The molecule has 0 saturated heterocycles. The summed E-state index contributed by atoms with van der Waals surface area (Å²) in [5.41, 5.74) is 1.35. The van der Waals surface area contributed by atoms with Gasteiger partial charge < -0.3 is 15.7 Å². The van der Waals surface area contributed by atoms with Crippen LogP contribution in [-0.2, 0) is 26.0 Å². The molecule has 2 amide bonds. The number of benzene rings is 1. The van der Waals surface area contributed by atoms with Crippen LogP contribution in [0.1, 0.15) is 36.9 Å². The molecule has 2 aromatic heterocycles. The van der Waals surface area contributed by atoms with Crippen LogP contribution in [0.15, 0.2) is 30.6 Å². The molecule has 1 saturated carbocycles. The molecule has 10 nitrogen and oxygen atoms in total. The van der Waals surface area contributed by atoms with E-state index in [0.29, 0.717) is 12.1 Å². The number of amides is 2. The number of rotatable bonds is 9. The molecule has 4 rings (SSSR count). The normalized spacial score (nSPS) is 15.3. The van der Waals surface area contributed by atoms with Crippen molar-refractivity contribution in [3.8, 4) is 11.1 Å². The maximum Gasteiger partial charge on any atom is 0.245 e. The Morgan fingerprint density at radius 3 is 2.68 bits per heavy atom. The van der Waals surface area contributed by atoms with Crippen molar-refractivity contribution >= 4 is 43.2 Å². The monoisotopic (exact) mass is 505 g/mol. The Hall–Kier alpha value is -2.83. The van der Waals surface area contributed by atoms with Crippen LogP contribution in [0.4, 0.5) is 0 Å². The zero-order valence-corrected chi connectivity index (χ0v) is 20.7. The molecule has 3 N–H and O–H groups in total. The van der Waals surface area contributed by atoms with E-state index in [1.54, 1.807) is 30.8 Å². The van der Waals surface area contributed by atoms with Gasteiger partial charge in [0, 0.05) is 24.1 Å². The van der Waals surface area contributed by atoms with Crippen LogP contribution in [0, 0.1) is 0 Å². The van der Waals surface area contributed by atoms with Gasteiger partial charge in [0.2, 0.25) is 11.8 Å². The van der Waals surface area contributed by atoms with Gasteiger partial charge in [-0.1, -0.05) is 6.07 Å². The Morgan fingerprint density at radius 2 is 2.03 bits per heavy atom. The van der Waals surface area contributed by atoms with Crippen LogP contribution in [0.25, 0.3) is 21.3 Å². The summed E-state index contributed by atoms with van der Waals surface area (Å²) in [6, 6.07) is 5.62. The molecule has 34 heavy (non-hydrogen) atoms. The van der Waals surface area contributed by atoms with E-state index in [1.165, 1.54) is 0 Å². The van der Waals surface area contributed by atoms with E-state index >= 15 is 0 Å². The van der Waals surface area contributed by atoms with Gasteiger partial charge in [0.25, 0.3) is 0 Å². The summed E-state index contributed by atoms with van der Waals surface area (Å²) in [5, 5.41) is 18.1. The van der Waals surface area contributed by atoms with Crippen LogP contribution < -0.4 is 10.6 Å². The predicted molar refractivity (Wildman–Crippen MR) is 129 cm³/mol. The van der Waals surface area contributed by atoms with Gasteiger partial charge in [-0.2, -0.15) is 5.10 Å². The number of carbonyl (C=O) groups excluding carboxylic acids is 2. The lowest BCUT2D eigenvalue weighted by Crippen LogP contribution is -2.41. The lowest BCUT2D eigenvalue weighted by Gasteiger charge is -2.16. The number of thiazole rings is 1. The number of nitrogens with one attached hydrogen (secondary N) is 2. The van der Waals surface area contributed by atoms with Crippen molar-refractivity contribution in [2.24, 2.45) is 0 Å². The number of aromatic nitrogens is 3. The fourth-order valence-corrected chi connectivity index (χ4v) is 6.03. The highest BCUT2D eigenvalue weighted by Crippen LogP contribution is 2.33. The molecule has 0 aliphatic heterocycles. The topological polar surface area (TPSA) is 143 Å². The predicted octanol–water partition coefficient (Wildman–Crippen LogP) is 1.41. The average molecular weight is 506 g/mol. The third kappa shape index (κ3) is 5.99. The molecule has 1 aliphatic rings. The molecular formula is C22H27N5O5S2. The maximum atomic E-state index is 12.7. The molecule has 1 unspecified atom stereocenters. The van der Waals surface area contributed by atoms with Crippen LogP contribution in [0.2, 0.25) is 0 Å². The molecule has 1 aromatic carbocycles. The molecule has 1 fully saturated rings. The van der Waals surface area contributed by atoms with Gasteiger partial charge in [-0.25, -0.2) is 13.4 Å². The Morgan fingerprint density at radius 1 is 1.29 bits per heavy atom. The number of hydrogen-bond acceptors (Lipinski definition) is 8. The van der Waals surface area contributed by atoms with Gasteiger partial charge in [0.1, 0.15) is 5.01 Å². The van der Waals surface area contributed by atoms with Gasteiger partial charge in [0.05, 0.1) is 35.1 Å². The zero-order chi connectivity index (χ0) is 24.7. The summed E-state index contributed by atoms with van der Waals surface area (Å²) in [5.74, 6) is -1.12. The van der Waals surface area contributed by atoms with Crippen LogP contribution in [0.5, 0.6) is 0 Å². The van der Waals surface area contributed by atoms with Gasteiger partial charge in [-0.15, -0.1) is 11.3 Å². The Labute approximate surface area is 201 Å². The molecule has 1 atom stereocenters. The third-order valence-electron chi connectivity index (χ3n) is 5.18. The summed E-state index contributed by atoms with van der Waals surface area (Å²) in [7, 11) is -3.83. The van der Waals surface area contributed by atoms with Crippen molar-refractivity contribution in [2.75, 3.05) is 12.8 Å². The fraction of sp³-hybridized carbons (Fsp3) is 0.455. The van der Waals surface area contributed by atoms with Crippen molar-refractivity contribution < 1.29 is 23.1 Å². The first-order valence-electron chi connectivity index (χ1n) is 10.8.